The summed E-state index contributed by atoms with van der Waals surface area (Å²) in [5.74, 6) is 2.50. The van der Waals surface area contributed by atoms with E-state index in [4.69, 9.17) is 0 Å². The summed E-state index contributed by atoms with van der Waals surface area (Å²) in [6.45, 7) is 0.221. The zero-order chi connectivity index (χ0) is 11.9. The van der Waals surface area contributed by atoms with Crippen LogP contribution in [0.2, 0.25) is 0 Å². The summed E-state index contributed by atoms with van der Waals surface area (Å²) in [6.07, 6.45) is 3.38. The topological polar surface area (TPSA) is 32.3 Å². The summed E-state index contributed by atoms with van der Waals surface area (Å²) < 4.78 is 0. The van der Waals surface area contributed by atoms with Crippen molar-refractivity contribution in [3.05, 3.63) is 35.9 Å². The van der Waals surface area contributed by atoms with Gasteiger partial charge in [-0.1, -0.05) is 30.3 Å². The predicted molar refractivity (Wildman–Crippen MR) is 74.5 cm³/mol. The molecule has 1 aromatic rings. The summed E-state index contributed by atoms with van der Waals surface area (Å²) in [6, 6.07) is 11.2. The Hall–Kier alpha value is -0.510. The second kappa shape index (κ2) is 7.04. The molecule has 0 bridgehead atoms. The Morgan fingerprint density at radius 1 is 1.24 bits per heavy atom. The minimum absolute atomic E-state index is 0.200. The fourth-order valence-electron chi connectivity index (χ4n) is 2.27. The van der Waals surface area contributed by atoms with Crippen LogP contribution in [0.25, 0.3) is 0 Å². The molecular weight excluding hydrogens is 230 g/mol. The highest BCUT2D eigenvalue weighted by molar-refractivity contribution is 7.99. The summed E-state index contributed by atoms with van der Waals surface area (Å²) >= 11 is 2.03. The lowest BCUT2D eigenvalue weighted by Crippen LogP contribution is -2.43. The molecule has 2 rings (SSSR count). The van der Waals surface area contributed by atoms with Crippen LogP contribution >= 0.6 is 11.8 Å². The van der Waals surface area contributed by atoms with Gasteiger partial charge in [-0.3, -0.25) is 0 Å². The van der Waals surface area contributed by atoms with Crippen LogP contribution in [0.4, 0.5) is 0 Å². The lowest BCUT2D eigenvalue weighted by atomic mass is 10.0. The Bertz CT molecular complexity index is 311. The molecule has 17 heavy (non-hydrogen) atoms. The van der Waals surface area contributed by atoms with Crippen LogP contribution in [-0.2, 0) is 6.42 Å². The molecule has 1 heterocycles. The molecular formula is C14H21NOS. The van der Waals surface area contributed by atoms with Gasteiger partial charge in [-0.05, 0) is 36.3 Å². The molecule has 1 aromatic carbocycles. The summed E-state index contributed by atoms with van der Waals surface area (Å²) in [5, 5.41) is 13.0. The number of aliphatic hydroxyl groups is 1. The summed E-state index contributed by atoms with van der Waals surface area (Å²) in [5.41, 5.74) is 1.30. The van der Waals surface area contributed by atoms with Crippen molar-refractivity contribution in [2.75, 3.05) is 18.1 Å². The van der Waals surface area contributed by atoms with Crippen molar-refractivity contribution in [1.82, 2.24) is 5.32 Å². The first-order chi connectivity index (χ1) is 8.38. The summed E-state index contributed by atoms with van der Waals surface area (Å²) in [4.78, 5) is 0. The van der Waals surface area contributed by atoms with E-state index in [9.17, 15) is 5.11 Å². The van der Waals surface area contributed by atoms with E-state index in [0.717, 1.165) is 6.42 Å². The molecule has 1 aliphatic heterocycles. The second-order valence-electron chi connectivity index (χ2n) is 4.62. The van der Waals surface area contributed by atoms with Gasteiger partial charge in [0.15, 0.2) is 0 Å². The lowest BCUT2D eigenvalue weighted by Gasteiger charge is -2.27. The van der Waals surface area contributed by atoms with Crippen molar-refractivity contribution in [2.24, 2.45) is 0 Å². The second-order valence-corrected chi connectivity index (χ2v) is 5.85. The van der Waals surface area contributed by atoms with E-state index in [-0.39, 0.29) is 12.6 Å². The average Bonchev–Trinajstić information content (AvgIpc) is 2.40. The van der Waals surface area contributed by atoms with Crippen molar-refractivity contribution in [2.45, 2.75) is 31.3 Å². The zero-order valence-electron chi connectivity index (χ0n) is 10.1. The van der Waals surface area contributed by atoms with E-state index in [1.807, 2.05) is 17.8 Å². The Morgan fingerprint density at radius 2 is 1.94 bits per heavy atom. The van der Waals surface area contributed by atoms with Gasteiger partial charge in [-0.25, -0.2) is 0 Å². The Labute approximate surface area is 108 Å². The van der Waals surface area contributed by atoms with Crippen LogP contribution in [0.3, 0.4) is 0 Å². The molecule has 3 heteroatoms. The van der Waals surface area contributed by atoms with Gasteiger partial charge in [-0.15, -0.1) is 0 Å². The van der Waals surface area contributed by atoms with E-state index in [2.05, 4.69) is 29.6 Å². The SMILES string of the molecule is OCC(Cc1ccccc1)NC1CCSCC1. The van der Waals surface area contributed by atoms with Crippen LogP contribution in [0, 0.1) is 0 Å². The van der Waals surface area contributed by atoms with Gasteiger partial charge in [-0.2, -0.15) is 11.8 Å². The molecule has 2 N–H and O–H groups in total. The van der Waals surface area contributed by atoms with Gasteiger partial charge < -0.3 is 10.4 Å². The molecule has 0 spiro atoms. The van der Waals surface area contributed by atoms with Crippen LogP contribution in [-0.4, -0.2) is 35.3 Å². The lowest BCUT2D eigenvalue weighted by molar-refractivity contribution is 0.227. The first kappa shape index (κ1) is 12.9. The molecule has 0 aromatic heterocycles. The molecule has 1 unspecified atom stereocenters. The van der Waals surface area contributed by atoms with Gasteiger partial charge in [0.05, 0.1) is 6.61 Å². The van der Waals surface area contributed by atoms with E-state index < -0.39 is 0 Å². The number of rotatable bonds is 5. The maximum absolute atomic E-state index is 9.45. The molecule has 94 valence electrons. The number of hydrogen-bond donors (Lipinski definition) is 2. The fraction of sp³-hybridized carbons (Fsp3) is 0.571. The van der Waals surface area contributed by atoms with Crippen LogP contribution in [0.1, 0.15) is 18.4 Å². The number of thioether (sulfide) groups is 1. The standard InChI is InChI=1S/C14H21NOS/c16-11-14(10-12-4-2-1-3-5-12)15-13-6-8-17-9-7-13/h1-5,13-16H,6-11H2. The van der Waals surface area contributed by atoms with E-state index in [1.165, 1.54) is 29.9 Å². The van der Waals surface area contributed by atoms with Crippen molar-refractivity contribution in [1.29, 1.82) is 0 Å². The van der Waals surface area contributed by atoms with Crippen molar-refractivity contribution >= 4 is 11.8 Å². The molecule has 0 radical (unpaired) electrons. The number of nitrogens with one attached hydrogen (secondary N) is 1. The third kappa shape index (κ3) is 4.34. The third-order valence-electron chi connectivity index (χ3n) is 3.24. The Kier molecular flexibility index (Phi) is 5.36. The zero-order valence-corrected chi connectivity index (χ0v) is 11.0. The normalized spacial score (nSPS) is 19.1. The number of aliphatic hydroxyl groups excluding tert-OH is 1. The number of benzene rings is 1. The highest BCUT2D eigenvalue weighted by Crippen LogP contribution is 2.17. The van der Waals surface area contributed by atoms with Gasteiger partial charge in [0, 0.05) is 12.1 Å². The monoisotopic (exact) mass is 251 g/mol. The third-order valence-corrected chi connectivity index (χ3v) is 4.29. The Morgan fingerprint density at radius 3 is 2.59 bits per heavy atom. The highest BCUT2D eigenvalue weighted by atomic mass is 32.2. The largest absolute Gasteiger partial charge is 0.395 e. The van der Waals surface area contributed by atoms with Crippen LogP contribution < -0.4 is 5.32 Å². The maximum Gasteiger partial charge on any atom is 0.0587 e. The highest BCUT2D eigenvalue weighted by Gasteiger charge is 2.17. The fourth-order valence-corrected chi connectivity index (χ4v) is 3.38. The van der Waals surface area contributed by atoms with E-state index >= 15 is 0 Å². The van der Waals surface area contributed by atoms with Crippen LogP contribution in [0.15, 0.2) is 30.3 Å². The summed E-state index contributed by atoms with van der Waals surface area (Å²) in [7, 11) is 0. The molecule has 2 nitrogen and oxygen atoms in total. The molecule has 0 saturated carbocycles. The van der Waals surface area contributed by atoms with Gasteiger partial charge in [0.2, 0.25) is 0 Å². The molecule has 1 fully saturated rings. The van der Waals surface area contributed by atoms with Gasteiger partial charge >= 0.3 is 0 Å². The first-order valence-electron chi connectivity index (χ1n) is 6.37. The van der Waals surface area contributed by atoms with Crippen molar-refractivity contribution in [3.63, 3.8) is 0 Å². The van der Waals surface area contributed by atoms with Crippen LogP contribution in [0.5, 0.6) is 0 Å². The molecule has 1 aliphatic rings. The Balaban J connectivity index is 1.83. The molecule has 0 amide bonds. The maximum atomic E-state index is 9.45. The van der Waals surface area contributed by atoms with Crippen molar-refractivity contribution < 1.29 is 5.11 Å². The quantitative estimate of drug-likeness (QED) is 0.840. The average molecular weight is 251 g/mol. The smallest absolute Gasteiger partial charge is 0.0587 e. The molecule has 1 saturated heterocycles. The van der Waals surface area contributed by atoms with E-state index in [1.54, 1.807) is 0 Å². The number of hydrogen-bond acceptors (Lipinski definition) is 3. The minimum Gasteiger partial charge on any atom is -0.395 e. The first-order valence-corrected chi connectivity index (χ1v) is 7.52. The molecule has 1 atom stereocenters. The molecule has 0 aliphatic carbocycles. The van der Waals surface area contributed by atoms with Gasteiger partial charge in [0.25, 0.3) is 0 Å². The van der Waals surface area contributed by atoms with Gasteiger partial charge in [0.1, 0.15) is 0 Å². The predicted octanol–water partition coefficient (Wildman–Crippen LogP) is 2.08. The van der Waals surface area contributed by atoms with E-state index in [0.29, 0.717) is 6.04 Å². The minimum atomic E-state index is 0.200. The van der Waals surface area contributed by atoms with Crippen molar-refractivity contribution in [3.8, 4) is 0 Å².